The van der Waals surface area contributed by atoms with Gasteiger partial charge in [-0.15, -0.1) is 0 Å². The molecule has 0 aromatic heterocycles. The highest BCUT2D eigenvalue weighted by Gasteiger charge is 2.33. The van der Waals surface area contributed by atoms with Crippen molar-refractivity contribution in [2.45, 2.75) is 31.2 Å². The number of nitro groups is 1. The largest absolute Gasteiger partial charge is 0.480 e. The number of rotatable bonds is 5. The molecule has 0 amide bonds. The molecule has 20 heavy (non-hydrogen) atoms. The van der Waals surface area contributed by atoms with E-state index in [9.17, 15) is 23.3 Å². The van der Waals surface area contributed by atoms with Crippen molar-refractivity contribution in [3.8, 4) is 0 Å². The number of nitrogens with one attached hydrogen (secondary N) is 1. The van der Waals surface area contributed by atoms with Crippen LogP contribution in [0.5, 0.6) is 0 Å². The molecule has 8 nitrogen and oxygen atoms in total. The maximum Gasteiger partial charge on any atom is 0.324 e. The summed E-state index contributed by atoms with van der Waals surface area (Å²) in [6.07, 6.45) is 0. The number of benzene rings is 1. The maximum atomic E-state index is 12.0. The summed E-state index contributed by atoms with van der Waals surface area (Å²) in [5, 5.41) is 19.7. The molecule has 1 aromatic carbocycles. The number of carboxylic acids is 1. The third-order valence-electron chi connectivity index (χ3n) is 2.61. The summed E-state index contributed by atoms with van der Waals surface area (Å²) in [7, 11) is -4.17. The SMILES string of the molecule is Cc1ccc(S(=O)(=O)NC(C)(C)C(=O)O)cc1[N+](=O)[O-]. The van der Waals surface area contributed by atoms with Crippen LogP contribution in [-0.4, -0.2) is 30.0 Å². The second kappa shape index (κ2) is 5.17. The van der Waals surface area contributed by atoms with Gasteiger partial charge in [0.25, 0.3) is 5.69 Å². The van der Waals surface area contributed by atoms with E-state index in [0.29, 0.717) is 5.56 Å². The van der Waals surface area contributed by atoms with Crippen molar-refractivity contribution in [3.05, 3.63) is 33.9 Å². The Morgan fingerprint density at radius 1 is 1.40 bits per heavy atom. The third kappa shape index (κ3) is 3.31. The number of aryl methyl sites for hydroxylation is 1. The number of nitro benzene ring substituents is 1. The lowest BCUT2D eigenvalue weighted by Gasteiger charge is -2.20. The van der Waals surface area contributed by atoms with E-state index in [0.717, 1.165) is 6.07 Å². The molecule has 0 saturated carbocycles. The van der Waals surface area contributed by atoms with E-state index in [1.54, 1.807) is 0 Å². The van der Waals surface area contributed by atoms with Crippen LogP contribution in [0, 0.1) is 17.0 Å². The van der Waals surface area contributed by atoms with E-state index in [-0.39, 0.29) is 10.6 Å². The first-order chi connectivity index (χ1) is 8.97. The zero-order valence-corrected chi connectivity index (χ0v) is 11.9. The topological polar surface area (TPSA) is 127 Å². The molecule has 110 valence electrons. The van der Waals surface area contributed by atoms with Crippen molar-refractivity contribution in [2.24, 2.45) is 0 Å². The van der Waals surface area contributed by atoms with Crippen molar-refractivity contribution in [2.75, 3.05) is 0 Å². The quantitative estimate of drug-likeness (QED) is 0.618. The van der Waals surface area contributed by atoms with Gasteiger partial charge in [-0.3, -0.25) is 14.9 Å². The number of hydrogen-bond donors (Lipinski definition) is 2. The molecular weight excluding hydrogens is 288 g/mol. The molecule has 0 radical (unpaired) electrons. The highest BCUT2D eigenvalue weighted by molar-refractivity contribution is 7.89. The van der Waals surface area contributed by atoms with Gasteiger partial charge in [0.05, 0.1) is 9.82 Å². The van der Waals surface area contributed by atoms with Gasteiger partial charge in [-0.1, -0.05) is 6.07 Å². The first-order valence-corrected chi connectivity index (χ1v) is 6.98. The molecule has 9 heteroatoms. The highest BCUT2D eigenvalue weighted by atomic mass is 32.2. The minimum absolute atomic E-state index is 0.312. The van der Waals surface area contributed by atoms with Gasteiger partial charge in [-0.25, -0.2) is 8.42 Å². The van der Waals surface area contributed by atoms with Crippen molar-refractivity contribution in [3.63, 3.8) is 0 Å². The standard InChI is InChI=1S/C11H14N2O6S/c1-7-4-5-8(6-9(7)13(16)17)20(18,19)12-11(2,3)10(14)15/h4-6,12H,1-3H3,(H,14,15). The van der Waals surface area contributed by atoms with Gasteiger partial charge in [-0.2, -0.15) is 4.72 Å². The van der Waals surface area contributed by atoms with Gasteiger partial charge in [-0.05, 0) is 26.8 Å². The molecule has 0 aliphatic carbocycles. The molecule has 0 heterocycles. The summed E-state index contributed by atoms with van der Waals surface area (Å²) in [6.45, 7) is 3.83. The van der Waals surface area contributed by atoms with Gasteiger partial charge >= 0.3 is 5.97 Å². The second-order valence-corrected chi connectivity index (χ2v) is 6.42. The van der Waals surface area contributed by atoms with E-state index in [4.69, 9.17) is 5.11 Å². The average molecular weight is 302 g/mol. The summed E-state index contributed by atoms with van der Waals surface area (Å²) in [5.41, 5.74) is -1.76. The summed E-state index contributed by atoms with van der Waals surface area (Å²) >= 11 is 0. The van der Waals surface area contributed by atoms with Crippen LogP contribution in [0.4, 0.5) is 5.69 Å². The molecule has 0 atom stereocenters. The molecular formula is C11H14N2O6S. The molecule has 0 bridgehead atoms. The van der Waals surface area contributed by atoms with E-state index in [2.05, 4.69) is 0 Å². The van der Waals surface area contributed by atoms with Crippen LogP contribution in [0.15, 0.2) is 23.1 Å². The third-order valence-corrected chi connectivity index (χ3v) is 4.27. The Morgan fingerprint density at radius 3 is 2.40 bits per heavy atom. The van der Waals surface area contributed by atoms with Crippen molar-refractivity contribution >= 4 is 21.7 Å². The molecule has 0 fully saturated rings. The van der Waals surface area contributed by atoms with Crippen molar-refractivity contribution in [1.82, 2.24) is 4.72 Å². The number of sulfonamides is 1. The molecule has 0 unspecified atom stereocenters. The number of carboxylic acid groups (broad SMARTS) is 1. The monoisotopic (exact) mass is 302 g/mol. The molecule has 0 aliphatic rings. The summed E-state index contributed by atoms with van der Waals surface area (Å²) in [5.74, 6) is -1.36. The summed E-state index contributed by atoms with van der Waals surface area (Å²) < 4.78 is 26.1. The second-order valence-electron chi connectivity index (χ2n) is 4.74. The van der Waals surface area contributed by atoms with E-state index in [1.807, 2.05) is 4.72 Å². The fourth-order valence-corrected chi connectivity index (χ4v) is 2.78. The zero-order chi connectivity index (χ0) is 15.7. The average Bonchev–Trinajstić information content (AvgIpc) is 2.27. The molecule has 2 N–H and O–H groups in total. The van der Waals surface area contributed by atoms with Gasteiger partial charge in [0.2, 0.25) is 10.0 Å². The van der Waals surface area contributed by atoms with E-state index >= 15 is 0 Å². The predicted molar refractivity (Wildman–Crippen MR) is 69.9 cm³/mol. The van der Waals surface area contributed by atoms with Gasteiger partial charge < -0.3 is 5.11 Å². The normalized spacial score (nSPS) is 12.2. The highest BCUT2D eigenvalue weighted by Crippen LogP contribution is 2.23. The maximum absolute atomic E-state index is 12.0. The van der Waals surface area contributed by atoms with Crippen LogP contribution in [0.1, 0.15) is 19.4 Å². The van der Waals surface area contributed by atoms with Gasteiger partial charge in [0.1, 0.15) is 5.54 Å². The molecule has 0 saturated heterocycles. The summed E-state index contributed by atoms with van der Waals surface area (Å²) in [4.78, 5) is 20.7. The van der Waals surface area contributed by atoms with E-state index in [1.165, 1.54) is 32.9 Å². The Bertz CT molecular complexity index is 665. The number of aliphatic carboxylic acids is 1. The van der Waals surface area contributed by atoms with Crippen molar-refractivity contribution in [1.29, 1.82) is 0 Å². The number of hydrogen-bond acceptors (Lipinski definition) is 5. The van der Waals surface area contributed by atoms with Crippen LogP contribution in [0.3, 0.4) is 0 Å². The smallest absolute Gasteiger partial charge is 0.324 e. The molecule has 0 spiro atoms. The fourth-order valence-electron chi connectivity index (χ4n) is 1.39. The Balaban J connectivity index is 3.27. The summed E-state index contributed by atoms with van der Waals surface area (Å²) in [6, 6.07) is 3.37. The minimum Gasteiger partial charge on any atom is -0.480 e. The lowest BCUT2D eigenvalue weighted by Crippen LogP contribution is -2.49. The van der Waals surface area contributed by atoms with Gasteiger partial charge in [0.15, 0.2) is 0 Å². The Hall–Kier alpha value is -2.00. The first-order valence-electron chi connectivity index (χ1n) is 5.50. The number of carbonyl (C=O) groups is 1. The Kier molecular flexibility index (Phi) is 4.15. The van der Waals surface area contributed by atoms with Crippen molar-refractivity contribution < 1.29 is 23.2 Å². The lowest BCUT2D eigenvalue weighted by molar-refractivity contribution is -0.385. The van der Waals surface area contributed by atoms with Crippen LogP contribution in [0.2, 0.25) is 0 Å². The Labute approximate surface area is 115 Å². The van der Waals surface area contributed by atoms with E-state index < -0.39 is 26.5 Å². The predicted octanol–water partition coefficient (Wildman–Crippen LogP) is 1.04. The first kappa shape index (κ1) is 16.1. The van der Waals surface area contributed by atoms with Crippen LogP contribution < -0.4 is 4.72 Å². The molecule has 0 aliphatic heterocycles. The lowest BCUT2D eigenvalue weighted by atomic mass is 10.1. The zero-order valence-electron chi connectivity index (χ0n) is 11.1. The fraction of sp³-hybridized carbons (Fsp3) is 0.364. The van der Waals surface area contributed by atoms with Crippen LogP contribution in [-0.2, 0) is 14.8 Å². The molecule has 1 rings (SSSR count). The Morgan fingerprint density at radius 2 is 1.95 bits per heavy atom. The minimum atomic E-state index is -4.17. The number of nitrogens with zero attached hydrogens (tertiary/aromatic N) is 1. The van der Waals surface area contributed by atoms with Gasteiger partial charge in [0, 0.05) is 11.6 Å². The molecule has 1 aromatic rings. The van der Waals surface area contributed by atoms with Crippen LogP contribution in [0.25, 0.3) is 0 Å². The van der Waals surface area contributed by atoms with Crippen LogP contribution >= 0.6 is 0 Å².